The zero-order chi connectivity index (χ0) is 18.7. The molecule has 0 aliphatic carbocycles. The highest BCUT2D eigenvalue weighted by atomic mass is 79.9. The highest BCUT2D eigenvalue weighted by Crippen LogP contribution is 2.38. The van der Waals surface area contributed by atoms with Crippen LogP contribution >= 0.6 is 15.9 Å². The second-order valence-electron chi connectivity index (χ2n) is 5.67. The molecular formula is C19H19BrN4O2. The van der Waals surface area contributed by atoms with Gasteiger partial charge in [-0.2, -0.15) is 0 Å². The van der Waals surface area contributed by atoms with Crippen molar-refractivity contribution in [3.8, 4) is 22.9 Å². The summed E-state index contributed by atoms with van der Waals surface area (Å²) in [7, 11) is 3.23. The van der Waals surface area contributed by atoms with Gasteiger partial charge in [0.2, 0.25) is 0 Å². The monoisotopic (exact) mass is 414 g/mol. The molecule has 0 unspecified atom stereocenters. The largest absolute Gasteiger partial charge is 0.495 e. The van der Waals surface area contributed by atoms with Gasteiger partial charge in [0, 0.05) is 47.0 Å². The van der Waals surface area contributed by atoms with E-state index in [1.165, 1.54) is 0 Å². The Bertz CT molecular complexity index is 907. The van der Waals surface area contributed by atoms with E-state index in [-0.39, 0.29) is 0 Å². The van der Waals surface area contributed by atoms with Crippen molar-refractivity contribution in [2.24, 2.45) is 0 Å². The van der Waals surface area contributed by atoms with E-state index in [0.717, 1.165) is 32.8 Å². The van der Waals surface area contributed by atoms with Crippen LogP contribution in [-0.4, -0.2) is 29.2 Å². The first-order valence-electron chi connectivity index (χ1n) is 7.97. The van der Waals surface area contributed by atoms with Gasteiger partial charge in [-0.25, -0.2) is 9.97 Å². The van der Waals surface area contributed by atoms with Crippen LogP contribution in [0.15, 0.2) is 41.1 Å². The zero-order valence-electron chi connectivity index (χ0n) is 15.0. The van der Waals surface area contributed by atoms with Crippen LogP contribution in [0.5, 0.6) is 11.5 Å². The molecule has 0 radical (unpaired) electrons. The van der Waals surface area contributed by atoms with Crippen LogP contribution in [0, 0.1) is 13.8 Å². The third kappa shape index (κ3) is 3.62. The summed E-state index contributed by atoms with van der Waals surface area (Å²) in [6.45, 7) is 3.95. The molecule has 0 spiro atoms. The van der Waals surface area contributed by atoms with Gasteiger partial charge in [-0.1, -0.05) is 0 Å². The lowest BCUT2D eigenvalue weighted by molar-refractivity contribution is 0.390. The molecule has 134 valence electrons. The number of pyridine rings is 1. The number of aromatic nitrogens is 3. The number of halogens is 1. The summed E-state index contributed by atoms with van der Waals surface area (Å²) in [6, 6.07) is 7.57. The Balaban J connectivity index is 2.04. The summed E-state index contributed by atoms with van der Waals surface area (Å²) >= 11 is 3.48. The van der Waals surface area contributed by atoms with Crippen molar-refractivity contribution in [3.63, 3.8) is 0 Å². The van der Waals surface area contributed by atoms with Crippen molar-refractivity contribution in [1.82, 2.24) is 15.0 Å². The fourth-order valence-corrected chi connectivity index (χ4v) is 3.01. The second kappa shape index (κ2) is 7.70. The first kappa shape index (κ1) is 18.1. The van der Waals surface area contributed by atoms with Crippen LogP contribution in [0.2, 0.25) is 0 Å². The minimum Gasteiger partial charge on any atom is -0.495 e. The number of ether oxygens (including phenoxy) is 2. The summed E-state index contributed by atoms with van der Waals surface area (Å²) in [5.41, 5.74) is 3.54. The number of nitrogens with one attached hydrogen (secondary N) is 1. The fraction of sp³-hybridized carbons (Fsp3) is 0.211. The second-order valence-corrected chi connectivity index (χ2v) is 6.46. The zero-order valence-corrected chi connectivity index (χ0v) is 16.6. The maximum absolute atomic E-state index is 5.40. The number of rotatable bonds is 5. The molecule has 1 N–H and O–H groups in total. The third-order valence-corrected chi connectivity index (χ3v) is 4.80. The quantitative estimate of drug-likeness (QED) is 0.653. The maximum Gasteiger partial charge on any atom is 0.163 e. The number of nitrogens with zero attached hydrogens (tertiary/aromatic N) is 3. The molecule has 2 aromatic heterocycles. The Morgan fingerprint density at radius 1 is 1.04 bits per heavy atom. The van der Waals surface area contributed by atoms with E-state index in [0.29, 0.717) is 17.3 Å². The van der Waals surface area contributed by atoms with Crippen LogP contribution in [-0.2, 0) is 0 Å². The van der Waals surface area contributed by atoms with Crippen molar-refractivity contribution in [2.45, 2.75) is 13.8 Å². The Labute approximate surface area is 160 Å². The summed E-state index contributed by atoms with van der Waals surface area (Å²) in [4.78, 5) is 13.4. The Hall–Kier alpha value is -2.67. The number of methoxy groups -OCH3 is 2. The standard InChI is InChI=1S/C19H19BrN4O2/c1-11-12(2)22-19(13-6-5-7-21-10-13)24-18(11)23-14-8-15(25-3)17(20)16(9-14)26-4/h5-10H,1-4H3,(H,22,23,24). The van der Waals surface area contributed by atoms with Crippen molar-refractivity contribution in [2.75, 3.05) is 19.5 Å². The third-order valence-electron chi connectivity index (χ3n) is 4.02. The first-order chi connectivity index (χ1) is 12.5. The van der Waals surface area contributed by atoms with Crippen molar-refractivity contribution < 1.29 is 9.47 Å². The minimum atomic E-state index is 0.625. The topological polar surface area (TPSA) is 69.2 Å². The molecule has 7 heteroatoms. The SMILES string of the molecule is COc1cc(Nc2nc(-c3cccnc3)nc(C)c2C)cc(OC)c1Br. The van der Waals surface area contributed by atoms with Crippen molar-refractivity contribution in [1.29, 1.82) is 0 Å². The molecule has 26 heavy (non-hydrogen) atoms. The lowest BCUT2D eigenvalue weighted by Crippen LogP contribution is -2.04. The molecule has 2 heterocycles. The number of benzene rings is 1. The number of aryl methyl sites for hydroxylation is 1. The molecular weight excluding hydrogens is 396 g/mol. The fourth-order valence-electron chi connectivity index (χ4n) is 2.45. The summed E-state index contributed by atoms with van der Waals surface area (Å²) in [5.74, 6) is 2.69. The average molecular weight is 415 g/mol. The molecule has 3 aromatic rings. The van der Waals surface area contributed by atoms with Gasteiger partial charge in [0.15, 0.2) is 5.82 Å². The van der Waals surface area contributed by atoms with E-state index < -0.39 is 0 Å². The smallest absolute Gasteiger partial charge is 0.163 e. The highest BCUT2D eigenvalue weighted by Gasteiger charge is 2.14. The summed E-state index contributed by atoms with van der Waals surface area (Å²) in [5, 5.41) is 3.35. The van der Waals surface area contributed by atoms with Gasteiger partial charge in [-0.3, -0.25) is 4.98 Å². The molecule has 3 rings (SSSR count). The van der Waals surface area contributed by atoms with Gasteiger partial charge in [0.1, 0.15) is 21.8 Å². The van der Waals surface area contributed by atoms with Crippen molar-refractivity contribution >= 4 is 27.4 Å². The number of hydrogen-bond donors (Lipinski definition) is 1. The molecule has 6 nitrogen and oxygen atoms in total. The lowest BCUT2D eigenvalue weighted by atomic mass is 10.2. The van der Waals surface area contributed by atoms with Gasteiger partial charge >= 0.3 is 0 Å². The predicted octanol–water partition coefficient (Wildman–Crippen LogP) is 4.68. The first-order valence-corrected chi connectivity index (χ1v) is 8.77. The molecule has 0 aliphatic heterocycles. The highest BCUT2D eigenvalue weighted by molar-refractivity contribution is 9.10. The molecule has 0 bridgehead atoms. The van der Waals surface area contributed by atoms with Crippen LogP contribution in [0.1, 0.15) is 11.3 Å². The molecule has 0 saturated heterocycles. The van der Waals surface area contributed by atoms with Crippen LogP contribution in [0.3, 0.4) is 0 Å². The van der Waals surface area contributed by atoms with Crippen LogP contribution in [0.25, 0.3) is 11.4 Å². The molecule has 0 aliphatic rings. The maximum atomic E-state index is 5.40. The summed E-state index contributed by atoms with van der Waals surface area (Å²) < 4.78 is 11.6. The van der Waals surface area contributed by atoms with E-state index in [9.17, 15) is 0 Å². The molecule has 0 fully saturated rings. The van der Waals surface area contributed by atoms with Crippen LogP contribution in [0.4, 0.5) is 11.5 Å². The number of hydrogen-bond acceptors (Lipinski definition) is 6. The Morgan fingerprint density at radius 2 is 1.73 bits per heavy atom. The van der Waals surface area contributed by atoms with Gasteiger partial charge in [0.05, 0.1) is 14.2 Å². The van der Waals surface area contributed by atoms with E-state index in [1.807, 2.05) is 38.1 Å². The predicted molar refractivity (Wildman–Crippen MR) is 105 cm³/mol. The van der Waals surface area contributed by atoms with Gasteiger partial charge < -0.3 is 14.8 Å². The minimum absolute atomic E-state index is 0.625. The van der Waals surface area contributed by atoms with E-state index >= 15 is 0 Å². The van der Waals surface area contributed by atoms with Gasteiger partial charge in [-0.15, -0.1) is 0 Å². The average Bonchev–Trinajstić information content (AvgIpc) is 2.67. The number of anilines is 2. The normalized spacial score (nSPS) is 10.5. The van der Waals surface area contributed by atoms with E-state index in [4.69, 9.17) is 9.47 Å². The van der Waals surface area contributed by atoms with Crippen molar-refractivity contribution in [3.05, 3.63) is 52.4 Å². The molecule has 0 amide bonds. The lowest BCUT2D eigenvalue weighted by Gasteiger charge is -2.15. The van der Waals surface area contributed by atoms with Gasteiger partial charge in [0.25, 0.3) is 0 Å². The van der Waals surface area contributed by atoms with E-state index in [2.05, 4.69) is 36.2 Å². The Morgan fingerprint density at radius 3 is 2.31 bits per heavy atom. The van der Waals surface area contributed by atoms with Crippen LogP contribution < -0.4 is 14.8 Å². The van der Waals surface area contributed by atoms with Gasteiger partial charge in [-0.05, 0) is 41.9 Å². The molecule has 1 aromatic carbocycles. The van der Waals surface area contributed by atoms with E-state index in [1.54, 1.807) is 26.6 Å². The summed E-state index contributed by atoms with van der Waals surface area (Å²) in [6.07, 6.45) is 3.48. The Kier molecular flexibility index (Phi) is 5.37. The molecule has 0 atom stereocenters. The molecule has 0 saturated carbocycles.